The summed E-state index contributed by atoms with van der Waals surface area (Å²) in [7, 11) is 2.47. The third-order valence-electron chi connectivity index (χ3n) is 1.76. The van der Waals surface area contributed by atoms with E-state index in [2.05, 4.69) is 14.5 Å². The summed E-state index contributed by atoms with van der Waals surface area (Å²) >= 11 is 0. The Kier molecular flexibility index (Phi) is 10.1. The van der Waals surface area contributed by atoms with Crippen LogP contribution < -0.4 is 0 Å². The first-order valence-corrected chi connectivity index (χ1v) is 7.90. The molecule has 0 fully saturated rings. The standard InChI is InChI=1S/C7H13N3O9S2/c1-6(2-17-8(11)12)4-20-21-5-7(19-10(15)16)3-18-9(13)14/h6-7H,2-5H2,1H3. The van der Waals surface area contributed by atoms with E-state index in [0.29, 0.717) is 5.75 Å². The number of nitrogens with zero attached hydrogens (tertiary/aromatic N) is 3. The maximum atomic E-state index is 10.2. The van der Waals surface area contributed by atoms with E-state index >= 15 is 0 Å². The van der Waals surface area contributed by atoms with Gasteiger partial charge in [0.15, 0.2) is 0 Å². The normalized spacial score (nSPS) is 13.0. The highest BCUT2D eigenvalue weighted by molar-refractivity contribution is 8.76. The minimum atomic E-state index is -1.08. The van der Waals surface area contributed by atoms with Gasteiger partial charge in [0.1, 0.15) is 12.7 Å². The smallest absolute Gasteiger partial charge is 0.294 e. The molecule has 2 atom stereocenters. The summed E-state index contributed by atoms with van der Waals surface area (Å²) in [6.45, 7) is 1.12. The molecule has 2 unspecified atom stereocenters. The average molecular weight is 347 g/mol. The van der Waals surface area contributed by atoms with Crippen LogP contribution in [0.5, 0.6) is 0 Å². The Balaban J connectivity index is 3.87. The first-order chi connectivity index (χ1) is 9.81. The predicted molar refractivity (Wildman–Crippen MR) is 71.8 cm³/mol. The van der Waals surface area contributed by atoms with Crippen molar-refractivity contribution >= 4 is 21.6 Å². The Morgan fingerprint density at radius 1 is 0.905 bits per heavy atom. The van der Waals surface area contributed by atoms with Gasteiger partial charge in [-0.25, -0.2) is 0 Å². The average Bonchev–Trinajstić information content (AvgIpc) is 2.37. The van der Waals surface area contributed by atoms with Crippen molar-refractivity contribution in [3.05, 3.63) is 30.3 Å². The summed E-state index contributed by atoms with van der Waals surface area (Å²) in [6.07, 6.45) is -1.08. The number of rotatable bonds is 13. The summed E-state index contributed by atoms with van der Waals surface area (Å²) < 4.78 is 0. The van der Waals surface area contributed by atoms with Crippen molar-refractivity contribution in [1.82, 2.24) is 0 Å². The van der Waals surface area contributed by atoms with Crippen molar-refractivity contribution < 1.29 is 29.8 Å². The van der Waals surface area contributed by atoms with Crippen molar-refractivity contribution in [3.8, 4) is 0 Å². The van der Waals surface area contributed by atoms with Gasteiger partial charge in [-0.2, -0.15) is 0 Å². The summed E-state index contributed by atoms with van der Waals surface area (Å²) in [5, 5.41) is 27.2. The van der Waals surface area contributed by atoms with Crippen molar-refractivity contribution in [3.63, 3.8) is 0 Å². The maximum Gasteiger partial charge on any atom is 0.294 e. The Bertz CT molecular complexity index is 358. The molecule has 0 aromatic rings. The van der Waals surface area contributed by atoms with Gasteiger partial charge >= 0.3 is 0 Å². The fourth-order valence-electron chi connectivity index (χ4n) is 0.899. The van der Waals surface area contributed by atoms with Crippen LogP contribution in [0.3, 0.4) is 0 Å². The van der Waals surface area contributed by atoms with Gasteiger partial charge in [0.05, 0.1) is 6.61 Å². The minimum Gasteiger partial charge on any atom is -0.314 e. The van der Waals surface area contributed by atoms with E-state index in [4.69, 9.17) is 0 Å². The van der Waals surface area contributed by atoms with E-state index in [-0.39, 0.29) is 18.3 Å². The SMILES string of the molecule is CC(CO[N+](=O)[O-])CSSCC(CO[N+](=O)[O-])O[N+](=O)[O-]. The molecule has 0 spiro atoms. The molecule has 0 saturated heterocycles. The molecule has 0 saturated carbocycles. The second kappa shape index (κ2) is 11.0. The monoisotopic (exact) mass is 347 g/mol. The van der Waals surface area contributed by atoms with Gasteiger partial charge in [-0.3, -0.25) is 0 Å². The van der Waals surface area contributed by atoms with Crippen molar-refractivity contribution in [1.29, 1.82) is 0 Å². The molecule has 0 aromatic heterocycles. The molecule has 0 rings (SSSR count). The molecule has 0 radical (unpaired) electrons. The second-order valence-electron chi connectivity index (χ2n) is 3.66. The van der Waals surface area contributed by atoms with E-state index < -0.39 is 28.0 Å². The molecule has 0 N–H and O–H groups in total. The van der Waals surface area contributed by atoms with Gasteiger partial charge in [-0.1, -0.05) is 28.5 Å². The summed E-state index contributed by atoms with van der Waals surface area (Å²) in [5.74, 6) is 0.486. The van der Waals surface area contributed by atoms with Crippen molar-refractivity contribution in [2.24, 2.45) is 5.92 Å². The van der Waals surface area contributed by atoms with Crippen LogP contribution in [0.15, 0.2) is 0 Å². The first kappa shape index (κ1) is 19.3. The van der Waals surface area contributed by atoms with Gasteiger partial charge in [-0.05, 0) is 5.92 Å². The summed E-state index contributed by atoms with van der Waals surface area (Å²) in [6, 6.07) is 0. The Morgan fingerprint density at radius 3 is 1.95 bits per heavy atom. The summed E-state index contributed by atoms with van der Waals surface area (Å²) in [4.78, 5) is 42.6. The van der Waals surface area contributed by atoms with Gasteiger partial charge in [0.2, 0.25) is 0 Å². The molecule has 21 heavy (non-hydrogen) atoms. The Morgan fingerprint density at radius 2 is 1.43 bits per heavy atom. The lowest BCUT2D eigenvalue weighted by atomic mass is 10.2. The Labute approximate surface area is 126 Å². The van der Waals surface area contributed by atoms with Crippen LogP contribution in [0, 0.1) is 36.3 Å². The molecule has 0 aliphatic carbocycles. The molecular weight excluding hydrogens is 334 g/mol. The molecule has 0 heterocycles. The quantitative estimate of drug-likeness (QED) is 0.202. The van der Waals surface area contributed by atoms with Gasteiger partial charge < -0.3 is 14.5 Å². The molecule has 0 aliphatic rings. The predicted octanol–water partition coefficient (Wildman–Crippen LogP) is 0.997. The fourth-order valence-corrected chi connectivity index (χ4v) is 3.46. The van der Waals surface area contributed by atoms with Gasteiger partial charge in [0.25, 0.3) is 15.3 Å². The first-order valence-electron chi connectivity index (χ1n) is 5.41. The lowest BCUT2D eigenvalue weighted by Crippen LogP contribution is -2.26. The zero-order valence-corrected chi connectivity index (χ0v) is 12.4. The van der Waals surface area contributed by atoms with Crippen LogP contribution >= 0.6 is 21.6 Å². The van der Waals surface area contributed by atoms with Crippen LogP contribution in [0.1, 0.15) is 6.92 Å². The number of hydrogen-bond acceptors (Lipinski definition) is 11. The van der Waals surface area contributed by atoms with Crippen molar-refractivity contribution in [2.45, 2.75) is 13.0 Å². The van der Waals surface area contributed by atoms with Crippen molar-refractivity contribution in [2.75, 3.05) is 24.7 Å². The largest absolute Gasteiger partial charge is 0.314 e. The van der Waals surface area contributed by atoms with Gasteiger partial charge in [0, 0.05) is 11.5 Å². The van der Waals surface area contributed by atoms with E-state index in [9.17, 15) is 30.3 Å². The van der Waals surface area contributed by atoms with E-state index in [0.717, 1.165) is 0 Å². The van der Waals surface area contributed by atoms with E-state index in [1.165, 1.54) is 21.6 Å². The molecule has 14 heteroatoms. The van der Waals surface area contributed by atoms with Crippen LogP contribution in [0.2, 0.25) is 0 Å². The molecule has 0 bridgehead atoms. The highest BCUT2D eigenvalue weighted by atomic mass is 33.1. The third-order valence-corrected chi connectivity index (χ3v) is 4.45. The topological polar surface area (TPSA) is 157 Å². The second-order valence-corrected chi connectivity index (χ2v) is 6.22. The van der Waals surface area contributed by atoms with E-state index in [1.54, 1.807) is 6.92 Å². The Hall–Kier alpha value is -1.70. The van der Waals surface area contributed by atoms with Crippen LogP contribution in [-0.4, -0.2) is 46.1 Å². The maximum absolute atomic E-state index is 10.2. The molecule has 0 amide bonds. The highest BCUT2D eigenvalue weighted by Crippen LogP contribution is 2.25. The molecular formula is C7H13N3O9S2. The van der Waals surface area contributed by atoms with E-state index in [1.807, 2.05) is 0 Å². The summed E-state index contributed by atoms with van der Waals surface area (Å²) in [5.41, 5.74) is 0. The fraction of sp³-hybridized carbons (Fsp3) is 1.00. The van der Waals surface area contributed by atoms with Crippen LogP contribution in [-0.2, 0) is 14.5 Å². The molecule has 0 aliphatic heterocycles. The van der Waals surface area contributed by atoms with Gasteiger partial charge in [-0.15, -0.1) is 30.3 Å². The lowest BCUT2D eigenvalue weighted by molar-refractivity contribution is -0.788. The third kappa shape index (κ3) is 13.1. The molecule has 122 valence electrons. The number of hydrogen-bond donors (Lipinski definition) is 0. The molecule has 0 aromatic carbocycles. The lowest BCUT2D eigenvalue weighted by Gasteiger charge is -2.13. The minimum absolute atomic E-state index is 0.0557. The van der Waals surface area contributed by atoms with Crippen LogP contribution in [0.4, 0.5) is 0 Å². The highest BCUT2D eigenvalue weighted by Gasteiger charge is 2.16. The van der Waals surface area contributed by atoms with Crippen LogP contribution in [0.25, 0.3) is 0 Å². The zero-order chi connectivity index (χ0) is 16.3. The molecule has 12 nitrogen and oxygen atoms in total. The zero-order valence-electron chi connectivity index (χ0n) is 10.8.